The number of nitrogens with one attached hydrogen (secondary N) is 1. The summed E-state index contributed by atoms with van der Waals surface area (Å²) in [5.74, 6) is 0. The van der Waals surface area contributed by atoms with Gasteiger partial charge in [0.2, 0.25) is 5.16 Å². The third-order valence-corrected chi connectivity index (χ3v) is 1.68. The molecule has 0 radical (unpaired) electrons. The second kappa shape index (κ2) is 4.24. The molecule has 0 unspecified atom stereocenters. The minimum absolute atomic E-state index is 0.768. The van der Waals surface area contributed by atoms with Crippen LogP contribution in [0.1, 0.15) is 6.92 Å². The molecule has 4 heteroatoms. The molecule has 1 rings (SSSR count). The Kier molecular flexibility index (Phi) is 3.18. The van der Waals surface area contributed by atoms with E-state index in [0.717, 1.165) is 11.7 Å². The Labute approximate surface area is 64.4 Å². The summed E-state index contributed by atoms with van der Waals surface area (Å²) in [6.07, 6.45) is 3.46. The molecule has 0 saturated carbocycles. The van der Waals surface area contributed by atoms with E-state index >= 15 is 0 Å². The first-order valence-corrected chi connectivity index (χ1v) is 3.92. The molecule has 0 fully saturated rings. The Balaban J connectivity index is 2.43. The van der Waals surface area contributed by atoms with Crippen molar-refractivity contribution in [2.45, 2.75) is 12.1 Å². The number of hydrogen-bond acceptors (Lipinski definition) is 4. The Hall–Kier alpha value is -0.610. The number of nitrogens with zero attached hydrogens (tertiary/aromatic N) is 2. The van der Waals surface area contributed by atoms with Crippen LogP contribution in [-0.2, 0) is 0 Å². The fourth-order valence-corrected chi connectivity index (χ4v) is 0.975. The van der Waals surface area contributed by atoms with Crippen LogP contribution in [0.4, 0.5) is 0 Å². The van der Waals surface area contributed by atoms with Crippen LogP contribution in [0.3, 0.4) is 0 Å². The lowest BCUT2D eigenvalue weighted by molar-refractivity contribution is 0.943. The highest BCUT2D eigenvalue weighted by Crippen LogP contribution is 2.03. The molecule has 3 nitrogen and oxygen atoms in total. The lowest BCUT2D eigenvalue weighted by Gasteiger charge is -1.95. The van der Waals surface area contributed by atoms with Crippen LogP contribution in [-0.4, -0.2) is 16.5 Å². The Morgan fingerprint density at radius 3 is 2.80 bits per heavy atom. The maximum atomic E-state index is 4.01. The highest BCUT2D eigenvalue weighted by atomic mass is 32.2. The molecule has 0 amide bonds. The van der Waals surface area contributed by atoms with Gasteiger partial charge in [-0.15, -0.1) is 0 Å². The van der Waals surface area contributed by atoms with Crippen LogP contribution < -0.4 is 4.72 Å². The van der Waals surface area contributed by atoms with E-state index in [1.807, 2.05) is 6.92 Å². The number of hydrogen-bond donors (Lipinski definition) is 1. The average molecular weight is 155 g/mol. The van der Waals surface area contributed by atoms with Gasteiger partial charge in [-0.2, -0.15) is 0 Å². The van der Waals surface area contributed by atoms with Crippen LogP contribution in [0.2, 0.25) is 0 Å². The van der Waals surface area contributed by atoms with Gasteiger partial charge in [-0.25, -0.2) is 9.97 Å². The average Bonchev–Trinajstić information content (AvgIpc) is 2.03. The number of rotatable bonds is 3. The maximum absolute atomic E-state index is 4.01. The van der Waals surface area contributed by atoms with Crippen molar-refractivity contribution in [3.63, 3.8) is 0 Å². The summed E-state index contributed by atoms with van der Waals surface area (Å²) in [7, 11) is 0. The second-order valence-corrected chi connectivity index (χ2v) is 2.49. The first-order valence-electron chi connectivity index (χ1n) is 3.10. The van der Waals surface area contributed by atoms with Gasteiger partial charge >= 0.3 is 0 Å². The van der Waals surface area contributed by atoms with Gasteiger partial charge in [-0.1, -0.05) is 6.92 Å². The molecular weight excluding hydrogens is 146 g/mol. The van der Waals surface area contributed by atoms with Gasteiger partial charge in [-0.05, 0) is 18.0 Å². The minimum Gasteiger partial charge on any atom is -0.258 e. The van der Waals surface area contributed by atoms with E-state index in [1.54, 1.807) is 18.5 Å². The van der Waals surface area contributed by atoms with Crippen molar-refractivity contribution in [1.29, 1.82) is 0 Å². The van der Waals surface area contributed by atoms with Crippen molar-refractivity contribution in [2.75, 3.05) is 6.54 Å². The molecule has 1 aromatic rings. The largest absolute Gasteiger partial charge is 0.258 e. The Bertz CT molecular complexity index is 178. The van der Waals surface area contributed by atoms with Gasteiger partial charge in [0.05, 0.1) is 0 Å². The lowest BCUT2D eigenvalue weighted by atomic mass is 10.7. The van der Waals surface area contributed by atoms with Crippen molar-refractivity contribution in [3.05, 3.63) is 18.5 Å². The molecule has 0 bridgehead atoms. The van der Waals surface area contributed by atoms with E-state index in [4.69, 9.17) is 0 Å². The van der Waals surface area contributed by atoms with E-state index in [1.165, 1.54) is 11.9 Å². The molecule has 0 saturated heterocycles. The lowest BCUT2D eigenvalue weighted by Crippen LogP contribution is -2.01. The highest BCUT2D eigenvalue weighted by Gasteiger charge is 1.90. The van der Waals surface area contributed by atoms with E-state index < -0.39 is 0 Å². The molecule has 0 aromatic carbocycles. The third-order valence-electron chi connectivity index (χ3n) is 0.850. The number of aromatic nitrogens is 2. The summed E-state index contributed by atoms with van der Waals surface area (Å²) >= 11 is 1.45. The SMILES string of the molecule is CCNSc1ncccn1. The van der Waals surface area contributed by atoms with Crippen molar-refractivity contribution in [1.82, 2.24) is 14.7 Å². The quantitative estimate of drug-likeness (QED) is 0.524. The third kappa shape index (κ3) is 2.33. The standard InChI is InChI=1S/C6H9N3S/c1-2-9-10-6-7-4-3-5-8-6/h3-5,9H,2H2,1H3. The summed E-state index contributed by atoms with van der Waals surface area (Å²) in [4.78, 5) is 8.01. The topological polar surface area (TPSA) is 37.8 Å². The smallest absolute Gasteiger partial charge is 0.202 e. The summed E-state index contributed by atoms with van der Waals surface area (Å²) in [5, 5.41) is 0.768. The molecule has 1 heterocycles. The van der Waals surface area contributed by atoms with Crippen molar-refractivity contribution >= 4 is 11.9 Å². The normalized spacial score (nSPS) is 9.70. The van der Waals surface area contributed by atoms with E-state index in [2.05, 4.69) is 14.7 Å². The van der Waals surface area contributed by atoms with Crippen LogP contribution >= 0.6 is 11.9 Å². The molecular formula is C6H9N3S. The predicted molar refractivity (Wildman–Crippen MR) is 41.6 cm³/mol. The van der Waals surface area contributed by atoms with Gasteiger partial charge < -0.3 is 0 Å². The molecule has 0 spiro atoms. The second-order valence-electron chi connectivity index (χ2n) is 1.63. The molecule has 0 aliphatic carbocycles. The molecule has 1 aromatic heterocycles. The highest BCUT2D eigenvalue weighted by molar-refractivity contribution is 7.97. The summed E-state index contributed by atoms with van der Waals surface area (Å²) in [6, 6.07) is 1.80. The van der Waals surface area contributed by atoms with Gasteiger partial charge in [-0.3, -0.25) is 4.72 Å². The van der Waals surface area contributed by atoms with Crippen LogP contribution in [0, 0.1) is 0 Å². The molecule has 0 aliphatic heterocycles. The van der Waals surface area contributed by atoms with Crippen molar-refractivity contribution in [2.24, 2.45) is 0 Å². The first-order chi connectivity index (χ1) is 4.93. The van der Waals surface area contributed by atoms with E-state index in [-0.39, 0.29) is 0 Å². The van der Waals surface area contributed by atoms with Gasteiger partial charge in [0.15, 0.2) is 0 Å². The van der Waals surface area contributed by atoms with Crippen LogP contribution in [0.15, 0.2) is 23.6 Å². The van der Waals surface area contributed by atoms with Gasteiger partial charge in [0, 0.05) is 18.9 Å². The Morgan fingerprint density at radius 2 is 2.20 bits per heavy atom. The fraction of sp³-hybridized carbons (Fsp3) is 0.333. The summed E-state index contributed by atoms with van der Waals surface area (Å²) in [6.45, 7) is 2.96. The van der Waals surface area contributed by atoms with Gasteiger partial charge in [0.25, 0.3) is 0 Å². The summed E-state index contributed by atoms with van der Waals surface area (Å²) in [5.41, 5.74) is 0. The van der Waals surface area contributed by atoms with Crippen LogP contribution in [0.5, 0.6) is 0 Å². The zero-order valence-electron chi connectivity index (χ0n) is 5.74. The zero-order chi connectivity index (χ0) is 7.23. The van der Waals surface area contributed by atoms with E-state index in [9.17, 15) is 0 Å². The maximum Gasteiger partial charge on any atom is 0.202 e. The van der Waals surface area contributed by atoms with Crippen molar-refractivity contribution in [3.8, 4) is 0 Å². The van der Waals surface area contributed by atoms with Crippen LogP contribution in [0.25, 0.3) is 0 Å². The first kappa shape index (κ1) is 7.50. The molecule has 0 atom stereocenters. The van der Waals surface area contributed by atoms with Crippen molar-refractivity contribution < 1.29 is 0 Å². The molecule has 10 heavy (non-hydrogen) atoms. The molecule has 54 valence electrons. The van der Waals surface area contributed by atoms with Gasteiger partial charge in [0.1, 0.15) is 0 Å². The fourth-order valence-electron chi connectivity index (χ4n) is 0.475. The monoisotopic (exact) mass is 155 g/mol. The molecule has 1 N–H and O–H groups in total. The predicted octanol–water partition coefficient (Wildman–Crippen LogP) is 1.09. The minimum atomic E-state index is 0.768. The Morgan fingerprint density at radius 1 is 1.50 bits per heavy atom. The van der Waals surface area contributed by atoms with E-state index in [0.29, 0.717) is 0 Å². The summed E-state index contributed by atoms with van der Waals surface area (Å²) < 4.78 is 3.06. The zero-order valence-corrected chi connectivity index (χ0v) is 6.56. The molecule has 0 aliphatic rings.